The first-order valence-corrected chi connectivity index (χ1v) is 7.25. The van der Waals surface area contributed by atoms with Gasteiger partial charge in [-0.2, -0.15) is 0 Å². The molecule has 1 saturated carbocycles. The predicted molar refractivity (Wildman–Crippen MR) is 71.1 cm³/mol. The Morgan fingerprint density at radius 1 is 1.39 bits per heavy atom. The van der Waals surface area contributed by atoms with Gasteiger partial charge in [-0.3, -0.25) is 4.79 Å². The number of carbonyl (C=O) groups excluding carboxylic acids is 1. The zero-order valence-corrected chi connectivity index (χ0v) is 11.5. The molecule has 1 aliphatic heterocycles. The van der Waals surface area contributed by atoms with Gasteiger partial charge in [-0.15, -0.1) is 0 Å². The highest BCUT2D eigenvalue weighted by Crippen LogP contribution is 2.34. The molecule has 0 spiro atoms. The van der Waals surface area contributed by atoms with Crippen molar-refractivity contribution in [1.29, 1.82) is 0 Å². The fraction of sp³-hybridized carbons (Fsp3) is 0.929. The molecule has 3 unspecified atom stereocenters. The largest absolute Gasteiger partial charge is 0.378 e. The van der Waals surface area contributed by atoms with Crippen molar-refractivity contribution in [2.45, 2.75) is 64.1 Å². The van der Waals surface area contributed by atoms with Crippen LogP contribution in [-0.2, 0) is 9.53 Å². The zero-order chi connectivity index (χ0) is 13.1. The van der Waals surface area contributed by atoms with Crippen LogP contribution in [-0.4, -0.2) is 30.7 Å². The first-order valence-electron chi connectivity index (χ1n) is 7.25. The van der Waals surface area contributed by atoms with Gasteiger partial charge < -0.3 is 15.8 Å². The van der Waals surface area contributed by atoms with E-state index in [1.54, 1.807) is 0 Å². The minimum absolute atomic E-state index is 0.0150. The highest BCUT2D eigenvalue weighted by atomic mass is 16.5. The molecule has 4 heteroatoms. The van der Waals surface area contributed by atoms with Gasteiger partial charge in [0.2, 0.25) is 5.91 Å². The molecule has 2 aliphatic rings. The molecule has 2 rings (SSSR count). The van der Waals surface area contributed by atoms with E-state index in [0.717, 1.165) is 38.7 Å². The summed E-state index contributed by atoms with van der Waals surface area (Å²) < 4.78 is 5.71. The Hall–Kier alpha value is -0.610. The summed E-state index contributed by atoms with van der Waals surface area (Å²) in [6.07, 6.45) is 5.56. The molecule has 0 radical (unpaired) electrons. The number of ether oxygens (including phenoxy) is 1. The molecule has 4 nitrogen and oxygen atoms in total. The maximum Gasteiger partial charge on any atom is 0.237 e. The van der Waals surface area contributed by atoms with Crippen LogP contribution in [0.25, 0.3) is 0 Å². The number of amides is 1. The van der Waals surface area contributed by atoms with E-state index < -0.39 is 0 Å². The van der Waals surface area contributed by atoms with E-state index in [1.807, 2.05) is 0 Å². The van der Waals surface area contributed by atoms with Crippen LogP contribution in [0.2, 0.25) is 0 Å². The highest BCUT2D eigenvalue weighted by molar-refractivity contribution is 5.81. The number of hydrogen-bond acceptors (Lipinski definition) is 3. The van der Waals surface area contributed by atoms with Gasteiger partial charge in [0.25, 0.3) is 0 Å². The minimum Gasteiger partial charge on any atom is -0.378 e. The third kappa shape index (κ3) is 3.23. The third-order valence-corrected chi connectivity index (χ3v) is 4.17. The Morgan fingerprint density at radius 2 is 2.17 bits per heavy atom. The standard InChI is InChI=1S/C14H26N2O2/c1-9(2)8-11(15)14(17)16-12-4-3-5-13-10(12)6-7-18-13/h9-13H,3-8,15H2,1-2H3,(H,16,17)/t10?,11-,12?,13?/m0/s1. The first kappa shape index (κ1) is 13.8. The van der Waals surface area contributed by atoms with Crippen molar-refractivity contribution < 1.29 is 9.53 Å². The fourth-order valence-corrected chi connectivity index (χ4v) is 3.26. The van der Waals surface area contributed by atoms with Crippen LogP contribution in [0.15, 0.2) is 0 Å². The number of rotatable bonds is 4. The quantitative estimate of drug-likeness (QED) is 0.798. The Balaban J connectivity index is 1.86. The Kier molecular flexibility index (Phi) is 4.62. The van der Waals surface area contributed by atoms with Gasteiger partial charge in [-0.05, 0) is 38.0 Å². The van der Waals surface area contributed by atoms with Crippen molar-refractivity contribution in [3.05, 3.63) is 0 Å². The molecule has 2 fully saturated rings. The molecule has 0 aromatic carbocycles. The van der Waals surface area contributed by atoms with Crippen molar-refractivity contribution in [3.63, 3.8) is 0 Å². The maximum absolute atomic E-state index is 12.1. The summed E-state index contributed by atoms with van der Waals surface area (Å²) in [5.74, 6) is 0.981. The van der Waals surface area contributed by atoms with Gasteiger partial charge in [-0.1, -0.05) is 13.8 Å². The maximum atomic E-state index is 12.1. The molecule has 104 valence electrons. The van der Waals surface area contributed by atoms with Crippen molar-refractivity contribution in [1.82, 2.24) is 5.32 Å². The van der Waals surface area contributed by atoms with E-state index in [-0.39, 0.29) is 18.0 Å². The molecule has 3 N–H and O–H groups in total. The number of nitrogens with one attached hydrogen (secondary N) is 1. The van der Waals surface area contributed by atoms with E-state index in [0.29, 0.717) is 17.9 Å². The molecule has 18 heavy (non-hydrogen) atoms. The summed E-state index contributed by atoms with van der Waals surface area (Å²) in [7, 11) is 0. The molecule has 0 bridgehead atoms. The van der Waals surface area contributed by atoms with Gasteiger partial charge in [0.15, 0.2) is 0 Å². The van der Waals surface area contributed by atoms with Gasteiger partial charge in [0.05, 0.1) is 12.1 Å². The summed E-state index contributed by atoms with van der Waals surface area (Å²) in [4.78, 5) is 12.1. The number of fused-ring (bicyclic) bond motifs is 1. The molecular formula is C14H26N2O2. The van der Waals surface area contributed by atoms with Crippen molar-refractivity contribution in [3.8, 4) is 0 Å². The molecule has 1 aliphatic carbocycles. The van der Waals surface area contributed by atoms with Crippen LogP contribution in [0, 0.1) is 11.8 Å². The monoisotopic (exact) mass is 254 g/mol. The number of hydrogen-bond donors (Lipinski definition) is 2. The second kappa shape index (κ2) is 6.02. The van der Waals surface area contributed by atoms with E-state index in [9.17, 15) is 4.79 Å². The molecule has 0 aromatic heterocycles. The summed E-state index contributed by atoms with van der Waals surface area (Å²) >= 11 is 0. The van der Waals surface area contributed by atoms with Crippen LogP contribution >= 0.6 is 0 Å². The van der Waals surface area contributed by atoms with Gasteiger partial charge in [0.1, 0.15) is 0 Å². The Morgan fingerprint density at radius 3 is 2.89 bits per heavy atom. The lowest BCUT2D eigenvalue weighted by Gasteiger charge is -2.33. The molecular weight excluding hydrogens is 228 g/mol. The van der Waals surface area contributed by atoms with Crippen LogP contribution in [0.1, 0.15) is 46.0 Å². The van der Waals surface area contributed by atoms with Crippen LogP contribution < -0.4 is 11.1 Å². The van der Waals surface area contributed by atoms with Crippen molar-refractivity contribution in [2.75, 3.05) is 6.61 Å². The van der Waals surface area contributed by atoms with E-state index in [1.165, 1.54) is 0 Å². The summed E-state index contributed by atoms with van der Waals surface area (Å²) in [6.45, 7) is 5.03. The lowest BCUT2D eigenvalue weighted by atomic mass is 9.81. The normalized spacial score (nSPS) is 33.2. The number of nitrogens with two attached hydrogens (primary N) is 1. The smallest absolute Gasteiger partial charge is 0.237 e. The second-order valence-electron chi connectivity index (χ2n) is 6.14. The average molecular weight is 254 g/mol. The lowest BCUT2D eigenvalue weighted by Crippen LogP contribution is -2.51. The lowest BCUT2D eigenvalue weighted by molar-refractivity contribution is -0.124. The van der Waals surface area contributed by atoms with E-state index in [2.05, 4.69) is 19.2 Å². The third-order valence-electron chi connectivity index (χ3n) is 4.17. The first-order chi connectivity index (χ1) is 8.58. The molecule has 1 amide bonds. The van der Waals surface area contributed by atoms with E-state index >= 15 is 0 Å². The fourth-order valence-electron chi connectivity index (χ4n) is 3.26. The van der Waals surface area contributed by atoms with Gasteiger partial charge in [-0.25, -0.2) is 0 Å². The van der Waals surface area contributed by atoms with Crippen molar-refractivity contribution in [2.24, 2.45) is 17.6 Å². The van der Waals surface area contributed by atoms with Crippen LogP contribution in [0.3, 0.4) is 0 Å². The van der Waals surface area contributed by atoms with E-state index in [4.69, 9.17) is 10.5 Å². The molecule has 4 atom stereocenters. The SMILES string of the molecule is CC(C)C[C@H](N)C(=O)NC1CCCC2OCCC12. The van der Waals surface area contributed by atoms with Crippen LogP contribution in [0.5, 0.6) is 0 Å². The Bertz CT molecular complexity index is 294. The summed E-state index contributed by atoms with van der Waals surface area (Å²) in [5, 5.41) is 3.15. The zero-order valence-electron chi connectivity index (χ0n) is 11.5. The average Bonchev–Trinajstić information content (AvgIpc) is 2.77. The summed E-state index contributed by atoms with van der Waals surface area (Å²) in [6, 6.07) is -0.0929. The molecule has 0 aromatic rings. The topological polar surface area (TPSA) is 64.4 Å². The molecule has 1 heterocycles. The Labute approximate surface area is 110 Å². The summed E-state index contributed by atoms with van der Waals surface area (Å²) in [5.41, 5.74) is 5.93. The van der Waals surface area contributed by atoms with Gasteiger partial charge >= 0.3 is 0 Å². The predicted octanol–water partition coefficient (Wildman–Crippen LogP) is 1.43. The van der Waals surface area contributed by atoms with Crippen molar-refractivity contribution >= 4 is 5.91 Å². The second-order valence-corrected chi connectivity index (χ2v) is 6.14. The molecule has 1 saturated heterocycles. The number of carbonyl (C=O) groups is 1. The minimum atomic E-state index is -0.368. The highest BCUT2D eigenvalue weighted by Gasteiger charge is 2.38. The van der Waals surface area contributed by atoms with Gasteiger partial charge in [0, 0.05) is 18.6 Å². The van der Waals surface area contributed by atoms with Crippen LogP contribution in [0.4, 0.5) is 0 Å².